The van der Waals surface area contributed by atoms with Crippen LogP contribution < -0.4 is 10.2 Å². The van der Waals surface area contributed by atoms with Crippen molar-refractivity contribution in [3.8, 4) is 5.69 Å². The Kier molecular flexibility index (Phi) is 5.61. The lowest BCUT2D eigenvalue weighted by Crippen LogP contribution is -2.54. The summed E-state index contributed by atoms with van der Waals surface area (Å²) in [6, 6.07) is 13.6. The topological polar surface area (TPSA) is 109 Å². The van der Waals surface area contributed by atoms with E-state index >= 15 is 0 Å². The highest BCUT2D eigenvalue weighted by Gasteiger charge is 2.37. The Hall–Kier alpha value is -4.17. The third-order valence-electron chi connectivity index (χ3n) is 5.31. The van der Waals surface area contributed by atoms with Gasteiger partial charge in [0.25, 0.3) is 11.8 Å². The maximum atomic E-state index is 13.1. The summed E-state index contributed by atoms with van der Waals surface area (Å²) in [6.07, 6.45) is 1.39. The highest BCUT2D eigenvalue weighted by atomic mass is 35.5. The number of carboxylic acid groups (broad SMARTS) is 1. The normalized spacial score (nSPS) is 15.2. The van der Waals surface area contributed by atoms with E-state index in [1.54, 1.807) is 54.8 Å². The zero-order valence-electron chi connectivity index (χ0n) is 17.6. The number of urea groups is 1. The number of carbonyl (C=O) groups excluding carboxylic acids is 3. The molecule has 33 heavy (non-hydrogen) atoms. The molecule has 0 spiro atoms. The van der Waals surface area contributed by atoms with Gasteiger partial charge in [-0.05, 0) is 61.9 Å². The molecule has 0 aliphatic carbocycles. The average molecular weight is 464 g/mol. The smallest absolute Gasteiger partial charge is 0.337 e. The molecule has 3 aromatic rings. The second-order valence-electron chi connectivity index (χ2n) is 7.42. The highest BCUT2D eigenvalue weighted by Crippen LogP contribution is 2.28. The van der Waals surface area contributed by atoms with Gasteiger partial charge in [-0.2, -0.15) is 0 Å². The SMILES string of the molecule is Cc1cc(/C=C2\C(=O)NC(=O)N(c3cccc(Cl)c3)C2=O)c(C)n1-c1ccccc1C(=O)O. The quantitative estimate of drug-likeness (QED) is 0.447. The number of imide groups is 2. The summed E-state index contributed by atoms with van der Waals surface area (Å²) in [7, 11) is 0. The lowest BCUT2D eigenvalue weighted by atomic mass is 10.1. The van der Waals surface area contributed by atoms with Crippen molar-refractivity contribution < 1.29 is 24.3 Å². The zero-order valence-corrected chi connectivity index (χ0v) is 18.4. The van der Waals surface area contributed by atoms with Crippen LogP contribution in [0.5, 0.6) is 0 Å². The first kappa shape index (κ1) is 22.0. The van der Waals surface area contributed by atoms with E-state index in [9.17, 15) is 24.3 Å². The Balaban J connectivity index is 1.80. The van der Waals surface area contributed by atoms with Gasteiger partial charge >= 0.3 is 12.0 Å². The van der Waals surface area contributed by atoms with E-state index in [4.69, 9.17) is 11.6 Å². The van der Waals surface area contributed by atoms with Crippen molar-refractivity contribution >= 4 is 47.2 Å². The summed E-state index contributed by atoms with van der Waals surface area (Å²) in [4.78, 5) is 50.6. The van der Waals surface area contributed by atoms with E-state index < -0.39 is 23.8 Å². The minimum absolute atomic E-state index is 0.114. The number of amides is 4. The van der Waals surface area contributed by atoms with Crippen LogP contribution in [0, 0.1) is 13.8 Å². The molecule has 0 saturated carbocycles. The summed E-state index contributed by atoms with van der Waals surface area (Å²) in [5.74, 6) is -2.68. The number of nitrogens with one attached hydrogen (secondary N) is 1. The zero-order chi connectivity index (χ0) is 23.9. The molecule has 0 bridgehead atoms. The van der Waals surface area contributed by atoms with Gasteiger partial charge in [0.2, 0.25) is 0 Å². The van der Waals surface area contributed by atoms with Crippen LogP contribution in [0.2, 0.25) is 5.02 Å². The molecule has 1 fully saturated rings. The predicted octanol–water partition coefficient (Wildman–Crippen LogP) is 4.11. The van der Waals surface area contributed by atoms with Crippen LogP contribution in [-0.4, -0.2) is 33.5 Å². The molecule has 2 aromatic carbocycles. The van der Waals surface area contributed by atoms with Gasteiger partial charge in [0.15, 0.2) is 0 Å². The number of benzene rings is 2. The molecule has 166 valence electrons. The number of hydrogen-bond acceptors (Lipinski definition) is 4. The Morgan fingerprint density at radius 1 is 1.03 bits per heavy atom. The fourth-order valence-electron chi connectivity index (χ4n) is 3.82. The van der Waals surface area contributed by atoms with Gasteiger partial charge in [-0.25, -0.2) is 14.5 Å². The molecule has 9 heteroatoms. The molecule has 2 N–H and O–H groups in total. The van der Waals surface area contributed by atoms with Crippen LogP contribution in [0.15, 0.2) is 60.2 Å². The number of aryl methyl sites for hydroxylation is 1. The highest BCUT2D eigenvalue weighted by molar-refractivity contribution is 6.39. The molecule has 1 aliphatic rings. The van der Waals surface area contributed by atoms with E-state index in [1.165, 1.54) is 24.3 Å². The molecule has 8 nitrogen and oxygen atoms in total. The van der Waals surface area contributed by atoms with E-state index in [0.29, 0.717) is 27.7 Å². The number of rotatable bonds is 4. The monoisotopic (exact) mass is 463 g/mol. The molecule has 1 saturated heterocycles. The van der Waals surface area contributed by atoms with Gasteiger partial charge in [0.1, 0.15) is 5.57 Å². The average Bonchev–Trinajstić information content (AvgIpc) is 3.03. The predicted molar refractivity (Wildman–Crippen MR) is 123 cm³/mol. The molecule has 1 aromatic heterocycles. The van der Waals surface area contributed by atoms with Crippen LogP contribution in [0.4, 0.5) is 10.5 Å². The number of hydrogen-bond donors (Lipinski definition) is 2. The third-order valence-corrected chi connectivity index (χ3v) is 5.55. The molecule has 0 radical (unpaired) electrons. The first-order chi connectivity index (χ1) is 15.7. The standard InChI is InChI=1S/C24H18ClN3O5/c1-13-10-15(14(2)27(13)20-9-4-3-8-18(20)23(31)32)11-19-21(29)26-24(33)28(22(19)30)17-7-5-6-16(25)12-17/h3-12H,1-2H3,(H,31,32)(H,26,29,33)/b19-11+. The van der Waals surface area contributed by atoms with Gasteiger partial charge < -0.3 is 9.67 Å². The summed E-state index contributed by atoms with van der Waals surface area (Å²) >= 11 is 5.99. The van der Waals surface area contributed by atoms with E-state index in [0.717, 1.165) is 4.90 Å². The minimum Gasteiger partial charge on any atom is -0.478 e. The molecular formula is C24H18ClN3O5. The second-order valence-corrected chi connectivity index (χ2v) is 7.86. The second kappa shape index (κ2) is 8.40. The number of barbiturate groups is 1. The summed E-state index contributed by atoms with van der Waals surface area (Å²) < 4.78 is 1.74. The Morgan fingerprint density at radius 2 is 1.76 bits per heavy atom. The number of carbonyl (C=O) groups is 4. The van der Waals surface area contributed by atoms with Crippen molar-refractivity contribution in [2.45, 2.75) is 13.8 Å². The Labute approximate surface area is 193 Å². The third kappa shape index (κ3) is 3.92. The van der Waals surface area contributed by atoms with Gasteiger partial charge in [-0.1, -0.05) is 29.8 Å². The van der Waals surface area contributed by atoms with Crippen LogP contribution in [-0.2, 0) is 9.59 Å². The Morgan fingerprint density at radius 3 is 2.45 bits per heavy atom. The molecule has 0 unspecified atom stereocenters. The van der Waals surface area contributed by atoms with Crippen LogP contribution in [0.3, 0.4) is 0 Å². The number of anilines is 1. The molecular weight excluding hydrogens is 446 g/mol. The van der Waals surface area contributed by atoms with Crippen molar-refractivity contribution in [3.63, 3.8) is 0 Å². The summed E-state index contributed by atoms with van der Waals surface area (Å²) in [5, 5.41) is 12.1. The first-order valence-corrected chi connectivity index (χ1v) is 10.3. The van der Waals surface area contributed by atoms with Crippen molar-refractivity contribution in [1.82, 2.24) is 9.88 Å². The summed E-state index contributed by atoms with van der Waals surface area (Å²) in [5.41, 5.74) is 2.43. The molecule has 4 amide bonds. The number of aromatic nitrogens is 1. The first-order valence-electron chi connectivity index (χ1n) is 9.87. The molecule has 4 rings (SSSR count). The van der Waals surface area contributed by atoms with E-state index in [2.05, 4.69) is 5.32 Å². The number of para-hydroxylation sites is 1. The number of carboxylic acids is 1. The van der Waals surface area contributed by atoms with Gasteiger partial charge in [-0.3, -0.25) is 14.9 Å². The molecule has 0 atom stereocenters. The Bertz CT molecular complexity index is 1370. The van der Waals surface area contributed by atoms with Crippen LogP contribution in [0.1, 0.15) is 27.3 Å². The van der Waals surface area contributed by atoms with Gasteiger partial charge in [-0.15, -0.1) is 0 Å². The van der Waals surface area contributed by atoms with Crippen molar-refractivity contribution in [3.05, 3.63) is 87.7 Å². The number of aromatic carboxylic acids is 1. The largest absolute Gasteiger partial charge is 0.478 e. The van der Waals surface area contributed by atoms with Crippen molar-refractivity contribution in [2.75, 3.05) is 4.90 Å². The molecule has 1 aliphatic heterocycles. The maximum absolute atomic E-state index is 13.1. The van der Waals surface area contributed by atoms with E-state index in [1.807, 2.05) is 0 Å². The lowest BCUT2D eigenvalue weighted by Gasteiger charge is -2.26. The fourth-order valence-corrected chi connectivity index (χ4v) is 4.00. The maximum Gasteiger partial charge on any atom is 0.337 e. The fraction of sp³-hybridized carbons (Fsp3) is 0.0833. The van der Waals surface area contributed by atoms with Crippen molar-refractivity contribution in [2.24, 2.45) is 0 Å². The van der Waals surface area contributed by atoms with Crippen molar-refractivity contribution in [1.29, 1.82) is 0 Å². The van der Waals surface area contributed by atoms with Gasteiger partial charge in [0.05, 0.1) is 16.9 Å². The van der Waals surface area contributed by atoms with Crippen LogP contribution in [0.25, 0.3) is 11.8 Å². The lowest BCUT2D eigenvalue weighted by molar-refractivity contribution is -0.122. The van der Waals surface area contributed by atoms with Crippen LogP contribution >= 0.6 is 11.6 Å². The van der Waals surface area contributed by atoms with Gasteiger partial charge in [0, 0.05) is 16.4 Å². The van der Waals surface area contributed by atoms with E-state index in [-0.39, 0.29) is 16.8 Å². The number of nitrogens with zero attached hydrogens (tertiary/aromatic N) is 2. The minimum atomic E-state index is -1.07. The molecule has 2 heterocycles. The number of halogens is 1. The summed E-state index contributed by atoms with van der Waals surface area (Å²) in [6.45, 7) is 3.54.